The highest BCUT2D eigenvalue weighted by Gasteiger charge is 2.21. The first kappa shape index (κ1) is 16.9. The van der Waals surface area contributed by atoms with Crippen molar-refractivity contribution in [3.63, 3.8) is 0 Å². The van der Waals surface area contributed by atoms with E-state index >= 15 is 0 Å². The second-order valence-corrected chi connectivity index (χ2v) is 6.81. The first-order valence-corrected chi connectivity index (χ1v) is 8.65. The number of amides is 1. The number of benzene rings is 1. The van der Waals surface area contributed by atoms with Gasteiger partial charge in [0.2, 0.25) is 11.8 Å². The Hall–Kier alpha value is -1.93. The SMILES string of the molecule is C[C@H](Sc1nnc(-c2ccc(F)cc2)o1)C(=O)NC[C@H]1CCCO1. The van der Waals surface area contributed by atoms with Crippen molar-refractivity contribution in [2.24, 2.45) is 0 Å². The van der Waals surface area contributed by atoms with E-state index in [-0.39, 0.29) is 23.1 Å². The van der Waals surface area contributed by atoms with Crippen LogP contribution in [0, 0.1) is 5.82 Å². The number of halogens is 1. The molecule has 2 aromatic rings. The topological polar surface area (TPSA) is 77.2 Å². The highest BCUT2D eigenvalue weighted by atomic mass is 32.2. The summed E-state index contributed by atoms with van der Waals surface area (Å²) < 4.78 is 23.9. The summed E-state index contributed by atoms with van der Waals surface area (Å²) >= 11 is 1.19. The van der Waals surface area contributed by atoms with Gasteiger partial charge in [-0.25, -0.2) is 4.39 Å². The van der Waals surface area contributed by atoms with Crippen LogP contribution in [0.5, 0.6) is 0 Å². The molecule has 128 valence electrons. The standard InChI is InChI=1S/C16H18FN3O3S/c1-10(14(21)18-9-13-3-2-8-22-13)24-16-20-19-15(23-16)11-4-6-12(17)7-5-11/h4-7,10,13H,2-3,8-9H2,1H3,(H,18,21)/t10-,13+/m0/s1. The third-order valence-corrected chi connectivity index (χ3v) is 4.61. The summed E-state index contributed by atoms with van der Waals surface area (Å²) in [6.45, 7) is 3.06. The lowest BCUT2D eigenvalue weighted by atomic mass is 10.2. The smallest absolute Gasteiger partial charge is 0.277 e. The fourth-order valence-electron chi connectivity index (χ4n) is 2.33. The van der Waals surface area contributed by atoms with Gasteiger partial charge in [-0.15, -0.1) is 10.2 Å². The van der Waals surface area contributed by atoms with Crippen LogP contribution in [0.15, 0.2) is 33.9 Å². The number of carbonyl (C=O) groups is 1. The molecule has 0 spiro atoms. The van der Waals surface area contributed by atoms with E-state index in [2.05, 4.69) is 15.5 Å². The Morgan fingerprint density at radius 3 is 2.92 bits per heavy atom. The maximum Gasteiger partial charge on any atom is 0.277 e. The number of ether oxygens (including phenoxy) is 1. The Kier molecular flexibility index (Phi) is 5.47. The predicted molar refractivity (Wildman–Crippen MR) is 87.0 cm³/mol. The number of nitrogens with one attached hydrogen (secondary N) is 1. The van der Waals surface area contributed by atoms with E-state index in [9.17, 15) is 9.18 Å². The van der Waals surface area contributed by atoms with E-state index in [4.69, 9.17) is 9.15 Å². The van der Waals surface area contributed by atoms with Gasteiger partial charge in [0.1, 0.15) is 5.82 Å². The van der Waals surface area contributed by atoms with Crippen molar-refractivity contribution in [3.05, 3.63) is 30.1 Å². The summed E-state index contributed by atoms with van der Waals surface area (Å²) in [5.41, 5.74) is 0.631. The zero-order valence-electron chi connectivity index (χ0n) is 13.2. The Labute approximate surface area is 143 Å². The van der Waals surface area contributed by atoms with Crippen molar-refractivity contribution in [2.75, 3.05) is 13.2 Å². The van der Waals surface area contributed by atoms with Crippen molar-refractivity contribution in [2.45, 2.75) is 36.3 Å². The van der Waals surface area contributed by atoms with E-state index in [1.54, 1.807) is 19.1 Å². The summed E-state index contributed by atoms with van der Waals surface area (Å²) in [4.78, 5) is 12.1. The average Bonchev–Trinajstić information content (AvgIpc) is 3.25. The molecule has 6 nitrogen and oxygen atoms in total. The van der Waals surface area contributed by atoms with Gasteiger partial charge in [-0.2, -0.15) is 0 Å². The molecular weight excluding hydrogens is 333 g/mol. The molecule has 0 aliphatic carbocycles. The van der Waals surface area contributed by atoms with Gasteiger partial charge in [-0.3, -0.25) is 4.79 Å². The number of thioether (sulfide) groups is 1. The largest absolute Gasteiger partial charge is 0.411 e. The van der Waals surface area contributed by atoms with E-state index in [0.29, 0.717) is 23.2 Å². The molecule has 0 unspecified atom stereocenters. The maximum absolute atomic E-state index is 12.9. The van der Waals surface area contributed by atoms with Gasteiger partial charge in [0, 0.05) is 18.7 Å². The van der Waals surface area contributed by atoms with E-state index in [1.807, 2.05) is 0 Å². The van der Waals surface area contributed by atoms with Gasteiger partial charge in [-0.1, -0.05) is 11.8 Å². The molecule has 1 aliphatic rings. The van der Waals surface area contributed by atoms with Crippen molar-refractivity contribution in [1.29, 1.82) is 0 Å². The molecule has 0 radical (unpaired) electrons. The lowest BCUT2D eigenvalue weighted by Crippen LogP contribution is -2.36. The molecule has 2 atom stereocenters. The summed E-state index contributed by atoms with van der Waals surface area (Å²) in [6, 6.07) is 5.78. The molecule has 3 rings (SSSR count). The number of hydrogen-bond acceptors (Lipinski definition) is 6. The van der Waals surface area contributed by atoms with Crippen LogP contribution >= 0.6 is 11.8 Å². The van der Waals surface area contributed by atoms with Gasteiger partial charge in [0.05, 0.1) is 11.4 Å². The van der Waals surface area contributed by atoms with Crippen LogP contribution < -0.4 is 5.32 Å². The van der Waals surface area contributed by atoms with Crippen LogP contribution in [0.3, 0.4) is 0 Å². The molecule has 1 fully saturated rings. The molecule has 1 aliphatic heterocycles. The Bertz CT molecular complexity index is 686. The summed E-state index contributed by atoms with van der Waals surface area (Å²) in [6.07, 6.45) is 2.13. The van der Waals surface area contributed by atoms with Crippen molar-refractivity contribution < 1.29 is 18.3 Å². The molecule has 0 bridgehead atoms. The molecule has 24 heavy (non-hydrogen) atoms. The lowest BCUT2D eigenvalue weighted by Gasteiger charge is -2.13. The van der Waals surface area contributed by atoms with Crippen LogP contribution in [0.25, 0.3) is 11.5 Å². The minimum absolute atomic E-state index is 0.1000. The minimum atomic E-state index is -0.368. The molecule has 1 saturated heterocycles. The minimum Gasteiger partial charge on any atom is -0.411 e. The van der Waals surface area contributed by atoms with Crippen LogP contribution in [0.2, 0.25) is 0 Å². The number of hydrogen-bond donors (Lipinski definition) is 1. The second kappa shape index (κ2) is 7.76. The molecule has 0 saturated carbocycles. The third-order valence-electron chi connectivity index (χ3n) is 3.67. The highest BCUT2D eigenvalue weighted by Crippen LogP contribution is 2.26. The zero-order chi connectivity index (χ0) is 16.9. The molecule has 1 aromatic heterocycles. The van der Waals surface area contributed by atoms with Gasteiger partial charge in [-0.05, 0) is 44.0 Å². The average molecular weight is 351 g/mol. The molecule has 1 amide bonds. The van der Waals surface area contributed by atoms with Crippen LogP contribution in [0.1, 0.15) is 19.8 Å². The van der Waals surface area contributed by atoms with Gasteiger partial charge in [0.15, 0.2) is 0 Å². The normalized spacial score (nSPS) is 18.5. The van der Waals surface area contributed by atoms with Crippen molar-refractivity contribution >= 4 is 17.7 Å². The number of rotatable bonds is 6. The highest BCUT2D eigenvalue weighted by molar-refractivity contribution is 8.00. The quantitative estimate of drug-likeness (QED) is 0.806. The Balaban J connectivity index is 1.53. The predicted octanol–water partition coefficient (Wildman–Crippen LogP) is 2.65. The summed E-state index contributed by atoms with van der Waals surface area (Å²) in [5, 5.41) is 10.7. The first-order chi connectivity index (χ1) is 11.6. The van der Waals surface area contributed by atoms with Crippen molar-refractivity contribution in [1.82, 2.24) is 15.5 Å². The maximum atomic E-state index is 12.9. The van der Waals surface area contributed by atoms with Crippen LogP contribution in [0.4, 0.5) is 4.39 Å². The summed E-state index contributed by atoms with van der Waals surface area (Å²) in [7, 11) is 0. The van der Waals surface area contributed by atoms with Gasteiger partial charge < -0.3 is 14.5 Å². The zero-order valence-corrected chi connectivity index (χ0v) is 14.0. The van der Waals surface area contributed by atoms with Crippen LogP contribution in [-0.4, -0.2) is 40.6 Å². The van der Waals surface area contributed by atoms with E-state index in [1.165, 1.54) is 23.9 Å². The molecule has 1 N–H and O–H groups in total. The van der Waals surface area contributed by atoms with E-state index in [0.717, 1.165) is 19.4 Å². The van der Waals surface area contributed by atoms with Crippen LogP contribution in [-0.2, 0) is 9.53 Å². The van der Waals surface area contributed by atoms with Gasteiger partial charge >= 0.3 is 0 Å². The Morgan fingerprint density at radius 2 is 2.21 bits per heavy atom. The van der Waals surface area contributed by atoms with Crippen molar-refractivity contribution in [3.8, 4) is 11.5 Å². The fourth-order valence-corrected chi connectivity index (χ4v) is 3.04. The second-order valence-electron chi connectivity index (χ2n) is 5.52. The first-order valence-electron chi connectivity index (χ1n) is 7.77. The Morgan fingerprint density at radius 1 is 1.42 bits per heavy atom. The lowest BCUT2D eigenvalue weighted by molar-refractivity contribution is -0.120. The molecule has 8 heteroatoms. The number of aromatic nitrogens is 2. The molecular formula is C16H18FN3O3S. The number of carbonyl (C=O) groups excluding carboxylic acids is 1. The molecule has 2 heterocycles. The fraction of sp³-hybridized carbons (Fsp3) is 0.438. The van der Waals surface area contributed by atoms with E-state index < -0.39 is 0 Å². The number of nitrogens with zero attached hydrogens (tertiary/aromatic N) is 2. The van der Waals surface area contributed by atoms with Gasteiger partial charge in [0.25, 0.3) is 5.22 Å². The third kappa shape index (κ3) is 4.33. The monoisotopic (exact) mass is 351 g/mol. The molecule has 1 aromatic carbocycles. The summed E-state index contributed by atoms with van der Waals surface area (Å²) in [5.74, 6) is -0.133.